The van der Waals surface area contributed by atoms with E-state index in [-0.39, 0.29) is 24.1 Å². The number of nitrogens with one attached hydrogen (secondary N) is 2. The normalized spacial score (nSPS) is 10.6. The molecule has 0 unspecified atom stereocenters. The highest BCUT2D eigenvalue weighted by atomic mass is 32.2. The second-order valence-electron chi connectivity index (χ2n) is 6.35. The molecule has 2 aromatic heterocycles. The number of amides is 2. The minimum Gasteiger partial charge on any atom is -0.495 e. The molecule has 0 saturated carbocycles. The molecule has 0 radical (unpaired) electrons. The molecule has 3 rings (SSSR count). The molecule has 0 fully saturated rings. The van der Waals surface area contributed by atoms with E-state index in [0.717, 1.165) is 5.56 Å². The summed E-state index contributed by atoms with van der Waals surface area (Å²) in [6.45, 7) is 4.37. The number of hydrogen-bond donors (Lipinski definition) is 2. The Bertz CT molecular complexity index is 1020. The second-order valence-corrected chi connectivity index (χ2v) is 7.29. The highest BCUT2D eigenvalue weighted by Gasteiger charge is 2.16. The lowest BCUT2D eigenvalue weighted by atomic mass is 10.2. The molecule has 0 aliphatic heterocycles. The van der Waals surface area contributed by atoms with Gasteiger partial charge in [0.15, 0.2) is 16.7 Å². The Balaban J connectivity index is 1.51. The zero-order chi connectivity index (χ0) is 21.5. The number of methoxy groups -OCH3 is 1. The van der Waals surface area contributed by atoms with Crippen LogP contribution in [0.3, 0.4) is 0 Å². The van der Waals surface area contributed by atoms with Crippen LogP contribution in [0.15, 0.2) is 46.2 Å². The van der Waals surface area contributed by atoms with E-state index >= 15 is 0 Å². The fourth-order valence-corrected chi connectivity index (χ4v) is 3.57. The van der Waals surface area contributed by atoms with Gasteiger partial charge >= 0.3 is 0 Å². The summed E-state index contributed by atoms with van der Waals surface area (Å²) in [5.74, 6) is 1.27. The number of rotatable bonds is 9. The van der Waals surface area contributed by atoms with Gasteiger partial charge in [0.1, 0.15) is 5.75 Å². The minimum atomic E-state index is -0.339. The van der Waals surface area contributed by atoms with Crippen LogP contribution in [0.4, 0.5) is 5.69 Å². The van der Waals surface area contributed by atoms with Crippen molar-refractivity contribution in [3.63, 3.8) is 0 Å². The summed E-state index contributed by atoms with van der Waals surface area (Å²) < 4.78 is 12.5. The number of benzene rings is 1. The van der Waals surface area contributed by atoms with E-state index in [1.807, 2.05) is 30.5 Å². The Hall–Kier alpha value is -3.27. The topological polar surface area (TPSA) is 111 Å². The van der Waals surface area contributed by atoms with Crippen molar-refractivity contribution in [1.82, 2.24) is 20.1 Å². The number of aryl methyl sites for hydroxylation is 1. The van der Waals surface area contributed by atoms with Crippen LogP contribution < -0.4 is 15.4 Å². The first kappa shape index (κ1) is 21.4. The Morgan fingerprint density at radius 1 is 1.23 bits per heavy atom. The number of carbonyl (C=O) groups is 2. The molecule has 1 aromatic carbocycles. The van der Waals surface area contributed by atoms with Crippen LogP contribution in [-0.2, 0) is 16.1 Å². The number of furan rings is 1. The van der Waals surface area contributed by atoms with Gasteiger partial charge in [0, 0.05) is 6.54 Å². The van der Waals surface area contributed by atoms with Gasteiger partial charge in [0.2, 0.25) is 11.8 Å². The molecular weight excluding hydrogens is 406 g/mol. The standard InChI is InChI=1S/C20H23N5O4S/c1-4-25-19(16-6-5-9-29-16)23-24-20(25)30-12-18(27)21-11-17(26)22-14-10-13(2)7-8-15(14)28-3/h5-10H,4,11-12H2,1-3H3,(H,21,27)(H,22,26). The summed E-state index contributed by atoms with van der Waals surface area (Å²) in [7, 11) is 1.53. The summed E-state index contributed by atoms with van der Waals surface area (Å²) in [6.07, 6.45) is 1.57. The maximum atomic E-state index is 12.2. The number of carbonyl (C=O) groups excluding carboxylic acids is 2. The van der Waals surface area contributed by atoms with E-state index in [4.69, 9.17) is 9.15 Å². The lowest BCUT2D eigenvalue weighted by molar-refractivity contribution is -0.122. The number of hydrogen-bond acceptors (Lipinski definition) is 7. The fourth-order valence-electron chi connectivity index (χ4n) is 2.74. The smallest absolute Gasteiger partial charge is 0.243 e. The first-order valence-corrected chi connectivity index (χ1v) is 10.3. The molecule has 0 saturated heterocycles. The van der Waals surface area contributed by atoms with Crippen molar-refractivity contribution in [2.45, 2.75) is 25.5 Å². The highest BCUT2D eigenvalue weighted by molar-refractivity contribution is 7.99. The molecule has 0 atom stereocenters. The largest absolute Gasteiger partial charge is 0.495 e. The molecule has 2 amide bonds. The zero-order valence-electron chi connectivity index (χ0n) is 17.0. The van der Waals surface area contributed by atoms with Crippen molar-refractivity contribution in [3.05, 3.63) is 42.2 Å². The van der Waals surface area contributed by atoms with Crippen LogP contribution in [0, 0.1) is 6.92 Å². The van der Waals surface area contributed by atoms with E-state index in [2.05, 4.69) is 20.8 Å². The lowest BCUT2D eigenvalue weighted by Gasteiger charge is -2.11. The monoisotopic (exact) mass is 429 g/mol. The van der Waals surface area contributed by atoms with Gasteiger partial charge in [-0.25, -0.2) is 0 Å². The predicted octanol–water partition coefficient (Wildman–Crippen LogP) is 2.72. The minimum absolute atomic E-state index is 0.108. The Labute approximate surface area is 178 Å². The molecule has 10 heteroatoms. The van der Waals surface area contributed by atoms with Crippen LogP contribution in [0.2, 0.25) is 0 Å². The molecule has 9 nitrogen and oxygen atoms in total. The van der Waals surface area contributed by atoms with Crippen molar-refractivity contribution < 1.29 is 18.7 Å². The second kappa shape index (κ2) is 9.97. The van der Waals surface area contributed by atoms with Crippen molar-refractivity contribution in [2.75, 3.05) is 24.7 Å². The van der Waals surface area contributed by atoms with E-state index < -0.39 is 0 Å². The van der Waals surface area contributed by atoms with E-state index in [9.17, 15) is 9.59 Å². The highest BCUT2D eigenvalue weighted by Crippen LogP contribution is 2.25. The fraction of sp³-hybridized carbons (Fsp3) is 0.300. The summed E-state index contributed by atoms with van der Waals surface area (Å²) in [5, 5.41) is 14.2. The predicted molar refractivity (Wildman–Crippen MR) is 113 cm³/mol. The van der Waals surface area contributed by atoms with Gasteiger partial charge in [0.05, 0.1) is 31.4 Å². The third-order valence-electron chi connectivity index (χ3n) is 4.18. The van der Waals surface area contributed by atoms with Crippen molar-refractivity contribution >= 4 is 29.3 Å². The molecule has 0 bridgehead atoms. The summed E-state index contributed by atoms with van der Waals surface area (Å²) in [6, 6.07) is 9.06. The van der Waals surface area contributed by atoms with Crippen LogP contribution in [0.25, 0.3) is 11.6 Å². The third-order valence-corrected chi connectivity index (χ3v) is 5.15. The SMILES string of the molecule is CCn1c(SCC(=O)NCC(=O)Nc2cc(C)ccc2OC)nnc1-c1ccco1. The maximum Gasteiger partial charge on any atom is 0.243 e. The van der Waals surface area contributed by atoms with Gasteiger partial charge in [0.25, 0.3) is 0 Å². The van der Waals surface area contributed by atoms with E-state index in [0.29, 0.717) is 34.7 Å². The van der Waals surface area contributed by atoms with Crippen molar-refractivity contribution in [2.24, 2.45) is 0 Å². The Morgan fingerprint density at radius 3 is 2.77 bits per heavy atom. The number of nitrogens with zero attached hydrogens (tertiary/aromatic N) is 3. The first-order chi connectivity index (χ1) is 14.5. The molecule has 2 heterocycles. The zero-order valence-corrected chi connectivity index (χ0v) is 17.8. The van der Waals surface area contributed by atoms with Gasteiger partial charge in [-0.3, -0.25) is 14.2 Å². The van der Waals surface area contributed by atoms with Crippen LogP contribution in [0.1, 0.15) is 12.5 Å². The molecule has 0 spiro atoms. The lowest BCUT2D eigenvalue weighted by Crippen LogP contribution is -2.34. The molecule has 158 valence electrons. The maximum absolute atomic E-state index is 12.2. The summed E-state index contributed by atoms with van der Waals surface area (Å²) in [5.41, 5.74) is 1.55. The molecule has 30 heavy (non-hydrogen) atoms. The number of anilines is 1. The van der Waals surface area contributed by atoms with Crippen LogP contribution in [0.5, 0.6) is 5.75 Å². The molecule has 0 aliphatic carbocycles. The van der Waals surface area contributed by atoms with Crippen molar-refractivity contribution in [1.29, 1.82) is 0 Å². The van der Waals surface area contributed by atoms with E-state index in [1.54, 1.807) is 24.5 Å². The average molecular weight is 430 g/mol. The Morgan fingerprint density at radius 2 is 2.07 bits per heavy atom. The van der Waals surface area contributed by atoms with Gasteiger partial charge in [-0.1, -0.05) is 17.8 Å². The number of aromatic nitrogens is 3. The molecule has 0 aliphatic rings. The molecule has 2 N–H and O–H groups in total. The van der Waals surface area contributed by atoms with Crippen LogP contribution >= 0.6 is 11.8 Å². The average Bonchev–Trinajstić information content (AvgIpc) is 3.40. The van der Waals surface area contributed by atoms with Crippen LogP contribution in [-0.4, -0.2) is 46.0 Å². The summed E-state index contributed by atoms with van der Waals surface area (Å²) in [4.78, 5) is 24.4. The van der Waals surface area contributed by atoms with Gasteiger partial charge < -0.3 is 19.8 Å². The first-order valence-electron chi connectivity index (χ1n) is 9.33. The third kappa shape index (κ3) is 5.20. The molecular formula is C20H23N5O4S. The number of thioether (sulfide) groups is 1. The van der Waals surface area contributed by atoms with Gasteiger partial charge in [-0.15, -0.1) is 10.2 Å². The molecule has 3 aromatic rings. The quantitative estimate of drug-likeness (QED) is 0.503. The van der Waals surface area contributed by atoms with Gasteiger partial charge in [-0.2, -0.15) is 0 Å². The number of ether oxygens (including phenoxy) is 1. The Kier molecular flexibility index (Phi) is 7.12. The van der Waals surface area contributed by atoms with Gasteiger partial charge in [-0.05, 0) is 43.7 Å². The summed E-state index contributed by atoms with van der Waals surface area (Å²) >= 11 is 1.25. The van der Waals surface area contributed by atoms with Crippen molar-refractivity contribution in [3.8, 4) is 17.3 Å². The van der Waals surface area contributed by atoms with E-state index in [1.165, 1.54) is 18.9 Å².